The van der Waals surface area contributed by atoms with E-state index in [2.05, 4.69) is 36.4 Å². The molecule has 4 unspecified atom stereocenters. The Morgan fingerprint density at radius 1 is 1.30 bits per heavy atom. The Hall–Kier alpha value is -1.63. The van der Waals surface area contributed by atoms with Crippen LogP contribution in [-0.2, 0) is 4.79 Å². The molecule has 1 aliphatic heterocycles. The highest BCUT2D eigenvalue weighted by atomic mass is 32.1. The summed E-state index contributed by atoms with van der Waals surface area (Å²) in [6.07, 6.45) is 6.90. The lowest BCUT2D eigenvalue weighted by Crippen LogP contribution is -2.54. The smallest absolute Gasteiger partial charge is 0.317 e. The summed E-state index contributed by atoms with van der Waals surface area (Å²) < 4.78 is 0. The van der Waals surface area contributed by atoms with E-state index in [4.69, 9.17) is 0 Å². The summed E-state index contributed by atoms with van der Waals surface area (Å²) >= 11 is 1.41. The van der Waals surface area contributed by atoms with Gasteiger partial charge < -0.3 is 15.5 Å². The number of nitrogens with zero attached hydrogens (tertiary/aromatic N) is 2. The minimum Gasteiger partial charge on any atom is -0.335 e. The number of hydrogen-bond donors (Lipinski definition) is 2. The first-order valence-corrected chi connectivity index (χ1v) is 10.9. The zero-order valence-electron chi connectivity index (χ0n) is 16.5. The number of thiazole rings is 1. The van der Waals surface area contributed by atoms with Crippen LogP contribution in [0.25, 0.3) is 0 Å². The van der Waals surface area contributed by atoms with Crippen molar-refractivity contribution in [3.63, 3.8) is 0 Å². The molecular formula is C20H30N4O2S. The molecule has 1 aromatic rings. The third-order valence-corrected chi connectivity index (χ3v) is 8.52. The van der Waals surface area contributed by atoms with Gasteiger partial charge in [0.05, 0.1) is 5.92 Å². The Kier molecular flexibility index (Phi) is 4.69. The van der Waals surface area contributed by atoms with Crippen LogP contribution < -0.4 is 10.6 Å². The predicted octanol–water partition coefficient (Wildman–Crippen LogP) is 3.72. The maximum Gasteiger partial charge on any atom is 0.317 e. The number of piperidine rings is 1. The van der Waals surface area contributed by atoms with Gasteiger partial charge in [0.25, 0.3) is 0 Å². The minimum atomic E-state index is -0.166. The molecule has 2 bridgehead atoms. The number of carbonyl (C=O) groups excluding carboxylic acids is 2. The lowest BCUT2D eigenvalue weighted by Gasteiger charge is -2.41. The Morgan fingerprint density at radius 3 is 2.74 bits per heavy atom. The number of urea groups is 1. The van der Waals surface area contributed by atoms with E-state index in [-0.39, 0.29) is 34.7 Å². The van der Waals surface area contributed by atoms with Gasteiger partial charge in [0, 0.05) is 30.7 Å². The van der Waals surface area contributed by atoms with Crippen LogP contribution in [0.2, 0.25) is 0 Å². The molecule has 2 saturated carbocycles. The summed E-state index contributed by atoms with van der Waals surface area (Å²) in [5, 5.41) is 8.66. The lowest BCUT2D eigenvalue weighted by atomic mass is 9.69. The quantitative estimate of drug-likeness (QED) is 0.826. The molecule has 0 spiro atoms. The molecule has 2 heterocycles. The summed E-state index contributed by atoms with van der Waals surface area (Å²) in [6, 6.07) is 0.236. The second-order valence-corrected chi connectivity index (χ2v) is 10.1. The molecule has 0 aromatic carbocycles. The van der Waals surface area contributed by atoms with Crippen LogP contribution in [0, 0.1) is 22.7 Å². The Labute approximate surface area is 165 Å². The third-order valence-electron chi connectivity index (χ3n) is 7.83. The van der Waals surface area contributed by atoms with Crippen molar-refractivity contribution in [2.45, 2.75) is 58.9 Å². The highest BCUT2D eigenvalue weighted by molar-refractivity contribution is 7.13. The van der Waals surface area contributed by atoms with Crippen molar-refractivity contribution in [3.05, 3.63) is 11.6 Å². The van der Waals surface area contributed by atoms with Crippen LogP contribution in [0.3, 0.4) is 0 Å². The van der Waals surface area contributed by atoms with Gasteiger partial charge in [0.1, 0.15) is 0 Å². The standard InChI is InChI=1S/C20H30N4O2S/c1-19(2)14-6-7-20(19,3)15(11-14)22-18(26)24-9-4-5-13(12-24)16(25)23-17-21-8-10-27-17/h8,10,13-15H,4-7,9,11-12H2,1-3H3,(H,22,26)(H,21,23,25). The third kappa shape index (κ3) is 3.13. The highest BCUT2D eigenvalue weighted by Crippen LogP contribution is 2.65. The van der Waals surface area contributed by atoms with Crippen molar-refractivity contribution >= 4 is 28.4 Å². The molecule has 3 aliphatic rings. The number of likely N-dealkylation sites (tertiary alicyclic amines) is 1. The first-order chi connectivity index (χ1) is 12.8. The summed E-state index contributed by atoms with van der Waals surface area (Å²) in [5.41, 5.74) is 0.452. The van der Waals surface area contributed by atoms with Crippen molar-refractivity contribution in [1.82, 2.24) is 15.2 Å². The van der Waals surface area contributed by atoms with Gasteiger partial charge in [0.2, 0.25) is 5.91 Å². The molecule has 3 amide bonds. The van der Waals surface area contributed by atoms with Crippen LogP contribution in [-0.4, -0.2) is 41.0 Å². The topological polar surface area (TPSA) is 74.3 Å². The van der Waals surface area contributed by atoms with Crippen molar-refractivity contribution in [2.75, 3.05) is 18.4 Å². The number of amides is 3. The van der Waals surface area contributed by atoms with E-state index in [0.717, 1.165) is 25.8 Å². The molecule has 7 heteroatoms. The minimum absolute atomic E-state index is 0.00340. The van der Waals surface area contributed by atoms with Crippen LogP contribution >= 0.6 is 11.3 Å². The molecule has 2 N–H and O–H groups in total. The van der Waals surface area contributed by atoms with Gasteiger partial charge >= 0.3 is 6.03 Å². The van der Waals surface area contributed by atoms with E-state index >= 15 is 0 Å². The Morgan fingerprint density at radius 2 is 2.11 bits per heavy atom. The molecular weight excluding hydrogens is 360 g/mol. The summed E-state index contributed by atoms with van der Waals surface area (Å²) in [5.74, 6) is 0.502. The maximum absolute atomic E-state index is 12.9. The first kappa shape index (κ1) is 18.7. The van der Waals surface area contributed by atoms with Crippen LogP contribution in [0.15, 0.2) is 11.6 Å². The monoisotopic (exact) mass is 390 g/mol. The molecule has 2 aliphatic carbocycles. The number of hydrogen-bond acceptors (Lipinski definition) is 4. The van der Waals surface area contributed by atoms with Crippen LogP contribution in [0.1, 0.15) is 52.9 Å². The lowest BCUT2D eigenvalue weighted by molar-refractivity contribution is -0.121. The molecule has 3 fully saturated rings. The van der Waals surface area contributed by atoms with Gasteiger partial charge in [-0.15, -0.1) is 11.3 Å². The average molecular weight is 391 g/mol. The summed E-state index contributed by atoms with van der Waals surface area (Å²) in [4.78, 5) is 31.4. The fourth-order valence-electron chi connectivity index (χ4n) is 5.53. The largest absolute Gasteiger partial charge is 0.335 e. The highest BCUT2D eigenvalue weighted by Gasteiger charge is 2.61. The fourth-order valence-corrected chi connectivity index (χ4v) is 6.06. The molecule has 6 nitrogen and oxygen atoms in total. The summed E-state index contributed by atoms with van der Waals surface area (Å²) in [6.45, 7) is 8.27. The second kappa shape index (κ2) is 6.76. The first-order valence-electron chi connectivity index (χ1n) is 10.1. The molecule has 4 rings (SSSR count). The zero-order chi connectivity index (χ0) is 19.2. The van der Waals surface area contributed by atoms with E-state index in [0.29, 0.717) is 17.6 Å². The SMILES string of the molecule is CC1(C)C2CCC1(C)C(NC(=O)N1CCCC(C(=O)Nc3nccs3)C1)C2. The van der Waals surface area contributed by atoms with Gasteiger partial charge in [-0.05, 0) is 48.9 Å². The number of nitrogens with one attached hydrogen (secondary N) is 2. The maximum atomic E-state index is 12.9. The van der Waals surface area contributed by atoms with E-state index < -0.39 is 0 Å². The molecule has 148 valence electrons. The molecule has 27 heavy (non-hydrogen) atoms. The number of fused-ring (bicyclic) bond motifs is 2. The number of aromatic nitrogens is 1. The summed E-state index contributed by atoms with van der Waals surface area (Å²) in [7, 11) is 0. The van der Waals surface area contributed by atoms with Gasteiger partial charge in [-0.25, -0.2) is 9.78 Å². The van der Waals surface area contributed by atoms with Crippen molar-refractivity contribution in [1.29, 1.82) is 0 Å². The predicted molar refractivity (Wildman–Crippen MR) is 107 cm³/mol. The van der Waals surface area contributed by atoms with Gasteiger partial charge in [-0.1, -0.05) is 20.8 Å². The number of anilines is 1. The molecule has 0 radical (unpaired) electrons. The van der Waals surface area contributed by atoms with Crippen molar-refractivity contribution in [3.8, 4) is 0 Å². The van der Waals surface area contributed by atoms with Crippen molar-refractivity contribution in [2.24, 2.45) is 22.7 Å². The van der Waals surface area contributed by atoms with Gasteiger partial charge in [-0.3, -0.25) is 4.79 Å². The fraction of sp³-hybridized carbons (Fsp3) is 0.750. The number of rotatable bonds is 3. The Bertz CT molecular complexity index is 720. The number of carbonyl (C=O) groups is 2. The van der Waals surface area contributed by atoms with E-state index in [1.807, 2.05) is 10.3 Å². The van der Waals surface area contributed by atoms with Gasteiger partial charge in [-0.2, -0.15) is 0 Å². The van der Waals surface area contributed by atoms with E-state index in [1.54, 1.807) is 6.20 Å². The molecule has 1 aromatic heterocycles. The van der Waals surface area contributed by atoms with E-state index in [1.165, 1.54) is 24.2 Å². The van der Waals surface area contributed by atoms with Crippen LogP contribution in [0.5, 0.6) is 0 Å². The van der Waals surface area contributed by atoms with Crippen LogP contribution in [0.4, 0.5) is 9.93 Å². The van der Waals surface area contributed by atoms with Crippen molar-refractivity contribution < 1.29 is 9.59 Å². The zero-order valence-corrected chi connectivity index (χ0v) is 17.3. The average Bonchev–Trinajstić information content (AvgIpc) is 3.28. The second-order valence-electron chi connectivity index (χ2n) is 9.22. The molecule has 1 saturated heterocycles. The van der Waals surface area contributed by atoms with E-state index in [9.17, 15) is 9.59 Å². The van der Waals surface area contributed by atoms with Gasteiger partial charge in [0.15, 0.2) is 5.13 Å². The Balaban J connectivity index is 1.36. The normalized spacial score (nSPS) is 34.5. The molecule has 4 atom stereocenters.